The Morgan fingerprint density at radius 2 is 2.15 bits per heavy atom. The maximum absolute atomic E-state index is 13.6. The summed E-state index contributed by atoms with van der Waals surface area (Å²) in [7, 11) is 0. The van der Waals surface area contributed by atoms with Gasteiger partial charge in [0, 0.05) is 28.8 Å². The molecule has 1 saturated carbocycles. The van der Waals surface area contributed by atoms with Crippen molar-refractivity contribution in [2.75, 3.05) is 0 Å². The number of hydrogen-bond donors (Lipinski definition) is 3. The molecule has 3 aliphatic rings. The van der Waals surface area contributed by atoms with Crippen LogP contribution in [0.4, 0.5) is 0 Å². The average Bonchev–Trinajstić information content (AvgIpc) is 3.30. The number of nitrogens with zero attached hydrogens (tertiary/aromatic N) is 2. The van der Waals surface area contributed by atoms with E-state index in [9.17, 15) is 14.7 Å². The SMILES string of the molecule is C=CC(=O)NC1CCCCC1=NC(=O)c1sc2nccc3c2c1C(=N)C(O)C3C1C=CC(OC(C)C)=CC1C. The number of hydrogen-bond acceptors (Lipinski definition) is 7. The molecule has 2 aromatic heterocycles. The van der Waals surface area contributed by atoms with Crippen LogP contribution in [0.5, 0.6) is 0 Å². The molecule has 39 heavy (non-hydrogen) atoms. The fraction of sp³-hybridized carbons (Fsp3) is 0.433. The van der Waals surface area contributed by atoms with Gasteiger partial charge in [-0.2, -0.15) is 0 Å². The third-order valence-electron chi connectivity index (χ3n) is 7.71. The highest BCUT2D eigenvalue weighted by Gasteiger charge is 2.42. The minimum Gasteiger partial charge on any atom is -0.491 e. The Kier molecular flexibility index (Phi) is 7.64. The fourth-order valence-corrected chi connectivity index (χ4v) is 7.02. The van der Waals surface area contributed by atoms with Gasteiger partial charge in [0.1, 0.15) is 21.6 Å². The number of carbonyl (C=O) groups excluding carboxylic acids is 2. The Labute approximate surface area is 232 Å². The molecule has 2 amide bonds. The largest absolute Gasteiger partial charge is 0.491 e. The van der Waals surface area contributed by atoms with E-state index in [1.54, 1.807) is 6.20 Å². The summed E-state index contributed by atoms with van der Waals surface area (Å²) < 4.78 is 5.87. The van der Waals surface area contributed by atoms with Crippen LogP contribution in [0.1, 0.15) is 73.2 Å². The molecule has 204 valence electrons. The zero-order valence-electron chi connectivity index (χ0n) is 22.4. The summed E-state index contributed by atoms with van der Waals surface area (Å²) in [5.41, 5.74) is 1.96. The maximum atomic E-state index is 13.6. The molecule has 0 saturated heterocycles. The molecule has 8 nitrogen and oxygen atoms in total. The monoisotopic (exact) mass is 546 g/mol. The predicted molar refractivity (Wildman–Crippen MR) is 154 cm³/mol. The van der Waals surface area contributed by atoms with Crippen molar-refractivity contribution in [3.8, 4) is 0 Å². The van der Waals surface area contributed by atoms with E-state index < -0.39 is 12.0 Å². The van der Waals surface area contributed by atoms with Gasteiger partial charge in [-0.3, -0.25) is 9.59 Å². The van der Waals surface area contributed by atoms with E-state index in [4.69, 9.17) is 10.1 Å². The molecule has 5 rings (SSSR count). The van der Waals surface area contributed by atoms with E-state index in [-0.39, 0.29) is 41.5 Å². The second-order valence-electron chi connectivity index (χ2n) is 10.7. The molecule has 0 radical (unpaired) electrons. The van der Waals surface area contributed by atoms with Gasteiger partial charge in [-0.05, 0) is 74.8 Å². The topological polar surface area (TPSA) is 125 Å². The van der Waals surface area contributed by atoms with Crippen molar-refractivity contribution in [1.29, 1.82) is 5.41 Å². The predicted octanol–water partition coefficient (Wildman–Crippen LogP) is 5.08. The Hall–Kier alpha value is -3.43. The number of ether oxygens (including phenoxy) is 1. The van der Waals surface area contributed by atoms with Crippen molar-refractivity contribution in [2.24, 2.45) is 16.8 Å². The first kappa shape index (κ1) is 27.1. The number of aliphatic hydroxyl groups excluding tert-OH is 1. The number of aromatic nitrogens is 1. The second kappa shape index (κ2) is 11.0. The Balaban J connectivity index is 1.52. The van der Waals surface area contributed by atoms with Gasteiger partial charge in [-0.25, -0.2) is 9.98 Å². The lowest BCUT2D eigenvalue weighted by Crippen LogP contribution is -2.42. The van der Waals surface area contributed by atoms with Gasteiger partial charge in [-0.1, -0.05) is 26.0 Å². The molecule has 0 aromatic carbocycles. The van der Waals surface area contributed by atoms with E-state index in [0.29, 0.717) is 33.8 Å². The van der Waals surface area contributed by atoms with Gasteiger partial charge >= 0.3 is 0 Å². The van der Waals surface area contributed by atoms with Crippen molar-refractivity contribution in [3.63, 3.8) is 0 Å². The highest BCUT2D eigenvalue weighted by molar-refractivity contribution is 7.21. The first-order valence-corrected chi connectivity index (χ1v) is 14.3. The normalized spacial score (nSPS) is 27.5. The number of aliphatic imine (C=N–C) groups is 1. The minimum atomic E-state index is -1.09. The summed E-state index contributed by atoms with van der Waals surface area (Å²) in [6.45, 7) is 9.57. The summed E-state index contributed by atoms with van der Waals surface area (Å²) in [4.78, 5) is 35.4. The fourth-order valence-electron chi connectivity index (χ4n) is 5.95. The minimum absolute atomic E-state index is 0.0178. The van der Waals surface area contributed by atoms with Crippen molar-refractivity contribution >= 4 is 44.8 Å². The van der Waals surface area contributed by atoms with Crippen molar-refractivity contribution in [2.45, 2.75) is 70.6 Å². The molecule has 0 bridgehead atoms. The molecule has 0 spiro atoms. The summed E-state index contributed by atoms with van der Waals surface area (Å²) >= 11 is 1.21. The van der Waals surface area contributed by atoms with Crippen molar-refractivity contribution < 1.29 is 19.4 Å². The average molecular weight is 547 g/mol. The van der Waals surface area contributed by atoms with Crippen LogP contribution >= 0.6 is 11.3 Å². The number of thiophene rings is 1. The van der Waals surface area contributed by atoms with Gasteiger partial charge in [0.05, 0.1) is 17.9 Å². The molecular weight excluding hydrogens is 512 g/mol. The van der Waals surface area contributed by atoms with Crippen molar-refractivity contribution in [1.82, 2.24) is 10.3 Å². The zero-order valence-corrected chi connectivity index (χ0v) is 23.3. The number of amides is 2. The molecular formula is C30H34N4O4S. The molecule has 3 aliphatic carbocycles. The van der Waals surface area contributed by atoms with Crippen LogP contribution in [0.2, 0.25) is 0 Å². The Bertz CT molecular complexity index is 1440. The van der Waals surface area contributed by atoms with E-state index in [2.05, 4.69) is 40.9 Å². The van der Waals surface area contributed by atoms with Gasteiger partial charge in [0.15, 0.2) is 0 Å². The maximum Gasteiger partial charge on any atom is 0.287 e. The highest BCUT2D eigenvalue weighted by Crippen LogP contribution is 2.47. The first-order chi connectivity index (χ1) is 18.7. The smallest absolute Gasteiger partial charge is 0.287 e. The lowest BCUT2D eigenvalue weighted by molar-refractivity contribution is -0.116. The lowest BCUT2D eigenvalue weighted by atomic mass is 9.69. The van der Waals surface area contributed by atoms with Gasteiger partial charge < -0.3 is 20.6 Å². The van der Waals surface area contributed by atoms with Crippen LogP contribution in [-0.2, 0) is 9.53 Å². The van der Waals surface area contributed by atoms with Crippen LogP contribution in [0.25, 0.3) is 10.2 Å². The quantitative estimate of drug-likeness (QED) is 0.436. The lowest BCUT2D eigenvalue weighted by Gasteiger charge is -2.37. The van der Waals surface area contributed by atoms with E-state index in [1.165, 1.54) is 17.4 Å². The van der Waals surface area contributed by atoms with E-state index >= 15 is 0 Å². The molecule has 1 fully saturated rings. The summed E-state index contributed by atoms with van der Waals surface area (Å²) in [6.07, 6.45) is 11.1. The Morgan fingerprint density at radius 1 is 1.36 bits per heavy atom. The van der Waals surface area contributed by atoms with Gasteiger partial charge in [0.2, 0.25) is 5.91 Å². The summed E-state index contributed by atoms with van der Waals surface area (Å²) in [6, 6.07) is 1.57. The van der Waals surface area contributed by atoms with Crippen LogP contribution in [-0.4, -0.2) is 51.6 Å². The number of aliphatic hydroxyl groups is 1. The van der Waals surface area contributed by atoms with Gasteiger partial charge in [-0.15, -0.1) is 11.3 Å². The molecule has 3 N–H and O–H groups in total. The zero-order chi connectivity index (χ0) is 27.8. The standard InChI is InChI=1S/C30H34N4O4S/c1-5-22(35)33-20-8-6-7-9-21(20)34-29(37)28-25-24-19(12-13-32-30(24)39-28)23(27(36)26(25)31)18-11-10-17(14-16(18)4)38-15(2)3/h5,10-16,18,20,23,27,31,36H,1,6-9H2,2-4H3,(H,33,35). The van der Waals surface area contributed by atoms with Gasteiger partial charge in [0.25, 0.3) is 5.91 Å². The number of nitrogens with one attached hydrogen (secondary N) is 2. The number of rotatable bonds is 6. The number of carbonyl (C=O) groups is 2. The molecule has 2 heterocycles. The molecule has 5 unspecified atom stereocenters. The van der Waals surface area contributed by atoms with Crippen LogP contribution in [0, 0.1) is 17.2 Å². The van der Waals surface area contributed by atoms with Crippen LogP contribution in [0.3, 0.4) is 0 Å². The highest BCUT2D eigenvalue weighted by atomic mass is 32.1. The molecule has 9 heteroatoms. The molecule has 2 aromatic rings. The Morgan fingerprint density at radius 3 is 2.87 bits per heavy atom. The summed E-state index contributed by atoms with van der Waals surface area (Å²) in [5, 5.41) is 24.1. The van der Waals surface area contributed by atoms with Crippen LogP contribution < -0.4 is 5.32 Å². The number of allylic oxidation sites excluding steroid dienone is 3. The molecule has 0 aliphatic heterocycles. The molecule has 5 atom stereocenters. The third kappa shape index (κ3) is 5.13. The number of pyridine rings is 1. The summed E-state index contributed by atoms with van der Waals surface area (Å²) in [5.74, 6) is -0.307. The third-order valence-corrected chi connectivity index (χ3v) is 8.80. The van der Waals surface area contributed by atoms with E-state index in [0.717, 1.165) is 29.6 Å². The van der Waals surface area contributed by atoms with Crippen molar-refractivity contribution in [3.05, 3.63) is 64.9 Å². The first-order valence-electron chi connectivity index (χ1n) is 13.5. The van der Waals surface area contributed by atoms with Crippen LogP contribution in [0.15, 0.2) is 53.9 Å². The van der Waals surface area contributed by atoms with E-state index in [1.807, 2.05) is 26.0 Å². The second-order valence-corrected chi connectivity index (χ2v) is 11.7.